The van der Waals surface area contributed by atoms with E-state index in [0.29, 0.717) is 11.6 Å². The molecule has 0 saturated carbocycles. The Morgan fingerprint density at radius 3 is 2.35 bits per heavy atom. The summed E-state index contributed by atoms with van der Waals surface area (Å²) in [5.41, 5.74) is 1.69. The average molecular weight is 279 g/mol. The number of methoxy groups -OCH3 is 1. The second-order valence-corrected chi connectivity index (χ2v) is 5.95. The summed E-state index contributed by atoms with van der Waals surface area (Å²) < 4.78 is 27.1. The third-order valence-electron chi connectivity index (χ3n) is 2.42. The SMILES string of the molecule is COc1ccc(CCl)cc1CP(=O)(OC)OC. The van der Waals surface area contributed by atoms with Gasteiger partial charge in [-0.25, -0.2) is 0 Å². The predicted molar refractivity (Wildman–Crippen MR) is 67.9 cm³/mol. The average Bonchev–Trinajstić information content (AvgIpc) is 2.38. The van der Waals surface area contributed by atoms with E-state index in [0.717, 1.165) is 11.1 Å². The molecule has 0 unspecified atom stereocenters. The van der Waals surface area contributed by atoms with Crippen LogP contribution in [0.15, 0.2) is 18.2 Å². The van der Waals surface area contributed by atoms with Crippen LogP contribution in [-0.2, 0) is 25.7 Å². The van der Waals surface area contributed by atoms with Gasteiger partial charge < -0.3 is 13.8 Å². The van der Waals surface area contributed by atoms with E-state index in [4.69, 9.17) is 25.4 Å². The molecule has 0 saturated heterocycles. The lowest BCUT2D eigenvalue weighted by atomic mass is 10.1. The van der Waals surface area contributed by atoms with Crippen molar-refractivity contribution >= 4 is 19.2 Å². The molecule has 1 aromatic carbocycles. The van der Waals surface area contributed by atoms with Crippen molar-refractivity contribution in [2.24, 2.45) is 0 Å². The Balaban J connectivity index is 3.06. The molecule has 0 spiro atoms. The molecule has 0 aliphatic carbocycles. The molecule has 0 aliphatic rings. The van der Waals surface area contributed by atoms with Gasteiger partial charge in [0.2, 0.25) is 0 Å². The van der Waals surface area contributed by atoms with Crippen molar-refractivity contribution in [3.8, 4) is 5.75 Å². The highest BCUT2D eigenvalue weighted by Crippen LogP contribution is 2.51. The maximum Gasteiger partial charge on any atom is 0.334 e. The summed E-state index contributed by atoms with van der Waals surface area (Å²) in [6.45, 7) is 0. The fourth-order valence-electron chi connectivity index (χ4n) is 1.45. The van der Waals surface area contributed by atoms with Crippen molar-refractivity contribution in [2.45, 2.75) is 12.0 Å². The van der Waals surface area contributed by atoms with Gasteiger partial charge in [0, 0.05) is 25.7 Å². The first-order chi connectivity index (χ1) is 8.08. The Kier molecular flexibility index (Phi) is 5.47. The van der Waals surface area contributed by atoms with Crippen LogP contribution in [0.5, 0.6) is 5.75 Å². The van der Waals surface area contributed by atoms with Crippen molar-refractivity contribution in [3.63, 3.8) is 0 Å². The topological polar surface area (TPSA) is 44.8 Å². The molecule has 0 heterocycles. The number of ether oxygens (including phenoxy) is 1. The maximum atomic E-state index is 12.1. The minimum absolute atomic E-state index is 0.161. The zero-order chi connectivity index (χ0) is 12.9. The summed E-state index contributed by atoms with van der Waals surface area (Å²) in [6.07, 6.45) is 0.161. The van der Waals surface area contributed by atoms with Gasteiger partial charge in [0.25, 0.3) is 0 Å². The molecule has 0 atom stereocenters. The van der Waals surface area contributed by atoms with E-state index >= 15 is 0 Å². The molecule has 0 N–H and O–H groups in total. The molecule has 96 valence electrons. The lowest BCUT2D eigenvalue weighted by molar-refractivity contribution is 0.274. The van der Waals surface area contributed by atoms with Crippen LogP contribution in [0.2, 0.25) is 0 Å². The van der Waals surface area contributed by atoms with Crippen LogP contribution in [0.25, 0.3) is 0 Å². The van der Waals surface area contributed by atoms with E-state index in [-0.39, 0.29) is 6.16 Å². The normalized spacial score (nSPS) is 11.5. The van der Waals surface area contributed by atoms with Crippen molar-refractivity contribution in [1.29, 1.82) is 0 Å². The van der Waals surface area contributed by atoms with Gasteiger partial charge >= 0.3 is 7.60 Å². The maximum absolute atomic E-state index is 12.1. The molecular weight excluding hydrogens is 263 g/mol. The summed E-state index contributed by atoms with van der Waals surface area (Å²) in [5.74, 6) is 1.04. The molecule has 6 heteroatoms. The first-order valence-corrected chi connectivity index (χ1v) is 7.27. The number of rotatable bonds is 6. The Morgan fingerprint density at radius 2 is 1.88 bits per heavy atom. The number of alkyl halides is 1. The monoisotopic (exact) mass is 278 g/mol. The highest BCUT2D eigenvalue weighted by atomic mass is 35.5. The van der Waals surface area contributed by atoms with Gasteiger partial charge in [0.05, 0.1) is 13.3 Å². The summed E-state index contributed by atoms with van der Waals surface area (Å²) in [7, 11) is 1.19. The van der Waals surface area contributed by atoms with Gasteiger partial charge in [0.15, 0.2) is 0 Å². The van der Waals surface area contributed by atoms with Gasteiger partial charge in [0.1, 0.15) is 5.75 Å². The summed E-state index contributed by atoms with van der Waals surface area (Å²) in [4.78, 5) is 0. The fourth-order valence-corrected chi connectivity index (χ4v) is 2.69. The van der Waals surface area contributed by atoms with E-state index in [2.05, 4.69) is 0 Å². The minimum atomic E-state index is -3.10. The molecule has 0 aliphatic heterocycles. The second-order valence-electron chi connectivity index (χ2n) is 3.41. The van der Waals surface area contributed by atoms with Crippen LogP contribution in [-0.4, -0.2) is 21.3 Å². The molecule has 1 rings (SSSR count). The van der Waals surface area contributed by atoms with Gasteiger partial charge in [-0.1, -0.05) is 12.1 Å². The highest BCUT2D eigenvalue weighted by molar-refractivity contribution is 7.52. The van der Waals surface area contributed by atoms with Crippen LogP contribution < -0.4 is 4.74 Å². The van der Waals surface area contributed by atoms with E-state index < -0.39 is 7.60 Å². The van der Waals surface area contributed by atoms with Crippen molar-refractivity contribution < 1.29 is 18.3 Å². The molecule has 1 aromatic rings. The van der Waals surface area contributed by atoms with Crippen LogP contribution in [0.1, 0.15) is 11.1 Å². The number of benzene rings is 1. The molecule has 0 amide bonds. The lowest BCUT2D eigenvalue weighted by Gasteiger charge is -2.16. The molecule has 17 heavy (non-hydrogen) atoms. The van der Waals surface area contributed by atoms with Gasteiger partial charge in [-0.15, -0.1) is 11.6 Å². The van der Waals surface area contributed by atoms with Crippen LogP contribution in [0, 0.1) is 0 Å². The van der Waals surface area contributed by atoms with E-state index in [1.54, 1.807) is 13.2 Å². The van der Waals surface area contributed by atoms with Crippen LogP contribution in [0.4, 0.5) is 0 Å². The third-order valence-corrected chi connectivity index (χ3v) is 4.57. The quantitative estimate of drug-likeness (QED) is 0.591. The molecular formula is C11H16ClO4P. The van der Waals surface area contributed by atoms with E-state index in [9.17, 15) is 4.57 Å². The van der Waals surface area contributed by atoms with Crippen LogP contribution in [0.3, 0.4) is 0 Å². The van der Waals surface area contributed by atoms with Crippen molar-refractivity contribution in [2.75, 3.05) is 21.3 Å². The Labute approximate surface area is 106 Å². The van der Waals surface area contributed by atoms with E-state index in [1.807, 2.05) is 12.1 Å². The number of hydrogen-bond acceptors (Lipinski definition) is 4. The molecule has 0 aromatic heterocycles. The number of halogens is 1. The van der Waals surface area contributed by atoms with E-state index in [1.165, 1.54) is 14.2 Å². The predicted octanol–water partition coefficient (Wildman–Crippen LogP) is 3.42. The lowest BCUT2D eigenvalue weighted by Crippen LogP contribution is -1.98. The fraction of sp³-hybridized carbons (Fsp3) is 0.455. The highest BCUT2D eigenvalue weighted by Gasteiger charge is 2.23. The van der Waals surface area contributed by atoms with Gasteiger partial charge in [-0.05, 0) is 11.6 Å². The first kappa shape index (κ1) is 14.5. The molecule has 4 nitrogen and oxygen atoms in total. The van der Waals surface area contributed by atoms with Gasteiger partial charge in [-0.2, -0.15) is 0 Å². The standard InChI is InChI=1S/C11H16ClO4P/c1-14-11-5-4-9(7-12)6-10(11)8-17(13,15-2)16-3/h4-6H,7-8H2,1-3H3. The Morgan fingerprint density at radius 1 is 1.24 bits per heavy atom. The largest absolute Gasteiger partial charge is 0.496 e. The van der Waals surface area contributed by atoms with Crippen molar-refractivity contribution in [1.82, 2.24) is 0 Å². The minimum Gasteiger partial charge on any atom is -0.496 e. The summed E-state index contributed by atoms with van der Waals surface area (Å²) in [6, 6.07) is 5.50. The molecule has 0 radical (unpaired) electrons. The smallest absolute Gasteiger partial charge is 0.334 e. The Hall–Kier alpha value is -0.540. The summed E-state index contributed by atoms with van der Waals surface area (Å²) in [5, 5.41) is 0. The molecule has 0 bridgehead atoms. The number of hydrogen-bond donors (Lipinski definition) is 0. The van der Waals surface area contributed by atoms with Gasteiger partial charge in [-0.3, -0.25) is 4.57 Å². The first-order valence-electron chi connectivity index (χ1n) is 5.01. The van der Waals surface area contributed by atoms with Crippen molar-refractivity contribution in [3.05, 3.63) is 29.3 Å². The molecule has 0 fully saturated rings. The zero-order valence-corrected chi connectivity index (χ0v) is 11.8. The zero-order valence-electron chi connectivity index (χ0n) is 10.1. The second kappa shape index (κ2) is 6.41. The Bertz CT molecular complexity index is 414. The summed E-state index contributed by atoms with van der Waals surface area (Å²) >= 11 is 5.76. The third kappa shape index (κ3) is 3.71. The van der Waals surface area contributed by atoms with Crippen LogP contribution >= 0.6 is 19.2 Å².